The fourth-order valence-corrected chi connectivity index (χ4v) is 6.93. The van der Waals surface area contributed by atoms with E-state index in [9.17, 15) is 26.7 Å². The molecular formula is C30H32F5N3O2. The molecule has 1 aliphatic carbocycles. The molecule has 1 amide bonds. The zero-order chi connectivity index (χ0) is 28.4. The van der Waals surface area contributed by atoms with Gasteiger partial charge in [0.25, 0.3) is 5.91 Å². The van der Waals surface area contributed by atoms with Gasteiger partial charge in [0, 0.05) is 66.7 Å². The number of benzene rings is 2. The molecule has 2 saturated heterocycles. The Balaban J connectivity index is 1.26. The second-order valence-electron chi connectivity index (χ2n) is 11.9. The number of fused-ring (bicyclic) bond motifs is 1. The first-order valence-electron chi connectivity index (χ1n) is 13.6. The molecular weight excluding hydrogens is 529 g/mol. The molecule has 3 fully saturated rings. The third-order valence-electron chi connectivity index (χ3n) is 9.13. The zero-order valence-corrected chi connectivity index (χ0v) is 22.5. The van der Waals surface area contributed by atoms with E-state index in [-0.39, 0.29) is 32.0 Å². The predicted molar refractivity (Wildman–Crippen MR) is 140 cm³/mol. The molecule has 5 nitrogen and oxygen atoms in total. The van der Waals surface area contributed by atoms with Crippen molar-refractivity contribution in [3.63, 3.8) is 0 Å². The summed E-state index contributed by atoms with van der Waals surface area (Å²) >= 11 is 0. The maximum atomic E-state index is 14.0. The van der Waals surface area contributed by atoms with E-state index in [1.807, 2.05) is 37.4 Å². The standard InChI is InChI=1S/C30H32F5N3O2/c1-18-11-25(40-2)23(22-7-9-36-26(18)22)15-37-10-8-28(16-29(31,32)17-28)12-24(37)19-3-5-20(6-4-19)27(39)38-13-21(14-38)30(33,34)35/h3-7,9,11,21,24,36H,8,10,12-17H2,1-2H3/t24-/m1/s1. The molecule has 0 radical (unpaired) electrons. The second kappa shape index (κ2) is 9.46. The number of hydrogen-bond donors (Lipinski definition) is 1. The van der Waals surface area contributed by atoms with Crippen LogP contribution in [0.2, 0.25) is 0 Å². The summed E-state index contributed by atoms with van der Waals surface area (Å²) in [4.78, 5) is 19.6. The number of piperidine rings is 1. The molecule has 3 aromatic rings. The molecule has 0 unspecified atom stereocenters. The summed E-state index contributed by atoms with van der Waals surface area (Å²) in [7, 11) is 1.64. The highest BCUT2D eigenvalue weighted by Crippen LogP contribution is 2.60. The van der Waals surface area contributed by atoms with Gasteiger partial charge in [-0.15, -0.1) is 0 Å². The molecule has 10 heteroatoms. The fraction of sp³-hybridized carbons (Fsp3) is 0.500. The molecule has 214 valence electrons. The number of aromatic nitrogens is 1. The van der Waals surface area contributed by atoms with Gasteiger partial charge in [0.15, 0.2) is 0 Å². The number of likely N-dealkylation sites (tertiary alicyclic amines) is 2. The van der Waals surface area contributed by atoms with Crippen molar-refractivity contribution in [2.45, 2.75) is 57.3 Å². The molecule has 1 spiro atoms. The number of hydrogen-bond acceptors (Lipinski definition) is 3. The summed E-state index contributed by atoms with van der Waals surface area (Å²) in [5.41, 5.74) is 3.92. The first-order chi connectivity index (χ1) is 18.9. The molecule has 1 N–H and O–H groups in total. The van der Waals surface area contributed by atoms with Gasteiger partial charge in [-0.25, -0.2) is 8.78 Å². The normalized spacial score (nSPS) is 22.8. The van der Waals surface area contributed by atoms with Crippen LogP contribution in [0.15, 0.2) is 42.6 Å². The van der Waals surface area contributed by atoms with Crippen LogP contribution in [-0.4, -0.2) is 59.5 Å². The van der Waals surface area contributed by atoms with Gasteiger partial charge in [-0.1, -0.05) is 12.1 Å². The van der Waals surface area contributed by atoms with Gasteiger partial charge in [0.05, 0.1) is 13.0 Å². The number of aryl methyl sites for hydroxylation is 1. The van der Waals surface area contributed by atoms with Crippen molar-refractivity contribution in [2.24, 2.45) is 11.3 Å². The number of rotatable bonds is 5. The lowest BCUT2D eigenvalue weighted by Gasteiger charge is -2.54. The number of amides is 1. The Labute approximate surface area is 229 Å². The van der Waals surface area contributed by atoms with E-state index in [0.717, 1.165) is 33.3 Å². The van der Waals surface area contributed by atoms with Crippen molar-refractivity contribution in [3.8, 4) is 5.75 Å². The lowest BCUT2D eigenvalue weighted by molar-refractivity contribution is -0.202. The summed E-state index contributed by atoms with van der Waals surface area (Å²) in [6, 6.07) is 10.8. The average molecular weight is 562 g/mol. The SMILES string of the molecule is COc1cc(C)c2[nH]ccc2c1CN1CCC2(C[C@@H]1c1ccc(C(=O)N3CC(C(F)(F)F)C3)cc1)CC(F)(F)C2. The Kier molecular flexibility index (Phi) is 6.40. The van der Waals surface area contributed by atoms with E-state index >= 15 is 0 Å². The summed E-state index contributed by atoms with van der Waals surface area (Å²) in [6.45, 7) is 2.55. The Morgan fingerprint density at radius 1 is 1.12 bits per heavy atom. The predicted octanol–water partition coefficient (Wildman–Crippen LogP) is 6.87. The number of alkyl halides is 5. The molecule has 2 aromatic carbocycles. The summed E-state index contributed by atoms with van der Waals surface area (Å²) < 4.78 is 72.4. The summed E-state index contributed by atoms with van der Waals surface area (Å²) in [5, 5.41) is 1.05. The highest BCUT2D eigenvalue weighted by Gasteiger charge is 2.58. The van der Waals surface area contributed by atoms with Crippen molar-refractivity contribution < 1.29 is 31.5 Å². The molecule has 0 bridgehead atoms. The zero-order valence-electron chi connectivity index (χ0n) is 22.5. The number of methoxy groups -OCH3 is 1. The number of ether oxygens (including phenoxy) is 1. The van der Waals surface area contributed by atoms with E-state index in [1.54, 1.807) is 19.2 Å². The van der Waals surface area contributed by atoms with Crippen LogP contribution < -0.4 is 4.74 Å². The summed E-state index contributed by atoms with van der Waals surface area (Å²) in [6.07, 6.45) is -1.40. The molecule has 3 heterocycles. The van der Waals surface area contributed by atoms with Crippen molar-refractivity contribution in [1.82, 2.24) is 14.8 Å². The monoisotopic (exact) mass is 561 g/mol. The molecule has 2 aliphatic heterocycles. The van der Waals surface area contributed by atoms with E-state index < -0.39 is 29.3 Å². The van der Waals surface area contributed by atoms with Gasteiger partial charge in [-0.3, -0.25) is 9.69 Å². The number of halogens is 5. The molecule has 6 rings (SSSR count). The average Bonchev–Trinajstić information content (AvgIpc) is 3.34. The van der Waals surface area contributed by atoms with Crippen LogP contribution in [-0.2, 0) is 6.54 Å². The second-order valence-corrected chi connectivity index (χ2v) is 11.9. The topological polar surface area (TPSA) is 48.6 Å². The number of nitrogens with zero attached hydrogens (tertiary/aromatic N) is 2. The van der Waals surface area contributed by atoms with Crippen LogP contribution in [0.25, 0.3) is 10.9 Å². The van der Waals surface area contributed by atoms with Gasteiger partial charge >= 0.3 is 6.18 Å². The van der Waals surface area contributed by atoms with E-state index in [4.69, 9.17) is 4.74 Å². The van der Waals surface area contributed by atoms with E-state index in [2.05, 4.69) is 9.88 Å². The van der Waals surface area contributed by atoms with Gasteiger partial charge in [-0.2, -0.15) is 13.2 Å². The van der Waals surface area contributed by atoms with Gasteiger partial charge < -0.3 is 14.6 Å². The van der Waals surface area contributed by atoms with Crippen LogP contribution in [0, 0.1) is 18.3 Å². The van der Waals surface area contributed by atoms with E-state index in [0.29, 0.717) is 31.5 Å². The van der Waals surface area contributed by atoms with Crippen LogP contribution in [0.3, 0.4) is 0 Å². The van der Waals surface area contributed by atoms with Crippen LogP contribution in [0.1, 0.15) is 58.8 Å². The Bertz CT molecular complexity index is 1420. The maximum absolute atomic E-state index is 14.0. The molecule has 1 saturated carbocycles. The third-order valence-corrected chi connectivity index (χ3v) is 9.13. The van der Waals surface area contributed by atoms with Crippen molar-refractivity contribution in [1.29, 1.82) is 0 Å². The van der Waals surface area contributed by atoms with Crippen molar-refractivity contribution in [3.05, 3.63) is 64.8 Å². The van der Waals surface area contributed by atoms with Gasteiger partial charge in [-0.05, 0) is 67.1 Å². The minimum Gasteiger partial charge on any atom is -0.496 e. The van der Waals surface area contributed by atoms with Gasteiger partial charge in [0.1, 0.15) is 5.75 Å². The van der Waals surface area contributed by atoms with Gasteiger partial charge in [0.2, 0.25) is 5.92 Å². The quantitative estimate of drug-likeness (QED) is 0.346. The van der Waals surface area contributed by atoms with Crippen LogP contribution in [0.5, 0.6) is 5.75 Å². The highest BCUT2D eigenvalue weighted by molar-refractivity contribution is 5.94. The third kappa shape index (κ3) is 4.74. The fourth-order valence-electron chi connectivity index (χ4n) is 6.93. The Morgan fingerprint density at radius 2 is 1.82 bits per heavy atom. The lowest BCUT2D eigenvalue weighted by atomic mass is 9.59. The largest absolute Gasteiger partial charge is 0.496 e. The van der Waals surface area contributed by atoms with Crippen molar-refractivity contribution >= 4 is 16.8 Å². The van der Waals surface area contributed by atoms with E-state index in [1.165, 1.54) is 4.90 Å². The number of carbonyl (C=O) groups excluding carboxylic acids is 1. The molecule has 40 heavy (non-hydrogen) atoms. The maximum Gasteiger partial charge on any atom is 0.395 e. The summed E-state index contributed by atoms with van der Waals surface area (Å²) in [5.74, 6) is -3.77. The number of H-pyrrole nitrogens is 1. The van der Waals surface area contributed by atoms with Crippen molar-refractivity contribution in [2.75, 3.05) is 26.7 Å². The van der Waals surface area contributed by atoms with Crippen LogP contribution in [0.4, 0.5) is 22.0 Å². The lowest BCUT2D eigenvalue weighted by Crippen LogP contribution is -2.55. The Morgan fingerprint density at radius 3 is 2.45 bits per heavy atom. The minimum absolute atomic E-state index is 0.119. The highest BCUT2D eigenvalue weighted by atomic mass is 19.4. The number of aromatic amines is 1. The molecule has 3 aliphatic rings. The van der Waals surface area contributed by atoms with Crippen LogP contribution >= 0.6 is 0 Å². The Hall–Kier alpha value is -3.14. The first kappa shape index (κ1) is 27.1. The minimum atomic E-state index is -4.30. The number of carbonyl (C=O) groups is 1. The molecule has 1 atom stereocenters. The first-order valence-corrected chi connectivity index (χ1v) is 13.6. The number of nitrogens with one attached hydrogen (secondary N) is 1. The molecule has 1 aromatic heterocycles. The smallest absolute Gasteiger partial charge is 0.395 e.